The zero-order chi connectivity index (χ0) is 21.5. The summed E-state index contributed by atoms with van der Waals surface area (Å²) in [7, 11) is 0. The summed E-state index contributed by atoms with van der Waals surface area (Å²) in [4.78, 5) is 26.3. The summed E-state index contributed by atoms with van der Waals surface area (Å²) in [5.41, 5.74) is -1.67. The van der Waals surface area contributed by atoms with Crippen LogP contribution in [-0.2, 0) is 15.8 Å². The number of hydrogen-bond acceptors (Lipinski definition) is 3. The Balaban J connectivity index is 2.23. The van der Waals surface area contributed by atoms with E-state index < -0.39 is 47.0 Å². The molecule has 152 valence electrons. The topological polar surface area (TPSA) is 57.6 Å². The lowest BCUT2D eigenvalue weighted by Crippen LogP contribution is -2.32. The number of hydrogen-bond donors (Lipinski definition) is 1. The largest absolute Gasteiger partial charge is 0.503 e. The zero-order valence-corrected chi connectivity index (χ0v) is 15.5. The van der Waals surface area contributed by atoms with Crippen molar-refractivity contribution in [2.24, 2.45) is 5.92 Å². The number of benzene rings is 2. The average Bonchev–Trinajstić information content (AvgIpc) is 2.92. The van der Waals surface area contributed by atoms with E-state index in [4.69, 9.17) is 0 Å². The smallest absolute Gasteiger partial charge is 0.416 e. The number of nitrogens with zero attached hydrogens (tertiary/aromatic N) is 1. The van der Waals surface area contributed by atoms with Gasteiger partial charge >= 0.3 is 6.18 Å². The Morgan fingerprint density at radius 3 is 2.34 bits per heavy atom. The highest BCUT2D eigenvalue weighted by Gasteiger charge is 2.46. The molecule has 1 unspecified atom stereocenters. The van der Waals surface area contributed by atoms with Crippen molar-refractivity contribution in [3.05, 3.63) is 76.8 Å². The molecule has 1 heterocycles. The molecule has 0 bridgehead atoms. The minimum Gasteiger partial charge on any atom is -0.503 e. The van der Waals surface area contributed by atoms with Gasteiger partial charge in [0.1, 0.15) is 5.82 Å². The molecule has 0 aliphatic carbocycles. The summed E-state index contributed by atoms with van der Waals surface area (Å²) in [6, 6.07) is 7.80. The number of aliphatic hydroxyl groups excluding tert-OH is 1. The second-order valence-corrected chi connectivity index (χ2v) is 6.93. The number of Topliss-reactive ketones (excluding diaryl/α,β-unsaturated/α-hetero) is 1. The lowest BCUT2D eigenvalue weighted by Gasteiger charge is -2.28. The molecule has 0 fully saturated rings. The summed E-state index contributed by atoms with van der Waals surface area (Å²) in [5, 5.41) is 10.4. The standard InChI is InChI=1S/C21H17F4NO3/c1-11(2)18(27)16-17(14-8-3-4-9-15(14)22)26(20(29)19(16)28)13-7-5-6-12(10-13)21(23,24)25/h3-11,17,28H,1-2H3. The molecular weight excluding hydrogens is 390 g/mol. The van der Waals surface area contributed by atoms with E-state index in [2.05, 4.69) is 0 Å². The van der Waals surface area contributed by atoms with Crippen LogP contribution in [0, 0.1) is 11.7 Å². The van der Waals surface area contributed by atoms with Crippen LogP contribution in [0.2, 0.25) is 0 Å². The van der Waals surface area contributed by atoms with Gasteiger partial charge in [0.05, 0.1) is 17.2 Å². The molecule has 0 aromatic heterocycles. The molecule has 0 saturated heterocycles. The van der Waals surface area contributed by atoms with Gasteiger partial charge in [0.2, 0.25) is 0 Å². The van der Waals surface area contributed by atoms with Gasteiger partial charge < -0.3 is 5.11 Å². The predicted octanol–water partition coefficient (Wildman–Crippen LogP) is 4.97. The number of anilines is 1. The van der Waals surface area contributed by atoms with Crippen molar-refractivity contribution in [3.8, 4) is 0 Å². The molecule has 8 heteroatoms. The summed E-state index contributed by atoms with van der Waals surface area (Å²) in [5.74, 6) is -3.95. The summed E-state index contributed by atoms with van der Waals surface area (Å²) < 4.78 is 54.0. The number of halogens is 4. The maximum Gasteiger partial charge on any atom is 0.416 e. The normalized spacial score (nSPS) is 17.4. The van der Waals surface area contributed by atoms with Crippen molar-refractivity contribution in [2.45, 2.75) is 26.1 Å². The van der Waals surface area contributed by atoms with E-state index in [1.165, 1.54) is 24.3 Å². The van der Waals surface area contributed by atoms with Gasteiger partial charge in [-0.1, -0.05) is 38.1 Å². The Hall–Kier alpha value is -3.16. The Labute approximate surface area is 164 Å². The molecule has 2 aromatic rings. The molecule has 29 heavy (non-hydrogen) atoms. The van der Waals surface area contributed by atoms with Crippen molar-refractivity contribution in [2.75, 3.05) is 4.90 Å². The minimum atomic E-state index is -4.67. The third-order valence-electron chi connectivity index (χ3n) is 4.65. The molecule has 3 rings (SSSR count). The fourth-order valence-corrected chi connectivity index (χ4v) is 3.26. The Bertz CT molecular complexity index is 1010. The first-order valence-electron chi connectivity index (χ1n) is 8.76. The molecule has 1 N–H and O–H groups in total. The van der Waals surface area contributed by atoms with Gasteiger partial charge in [-0.05, 0) is 24.3 Å². The Morgan fingerprint density at radius 1 is 1.10 bits per heavy atom. The van der Waals surface area contributed by atoms with E-state index >= 15 is 0 Å². The Morgan fingerprint density at radius 2 is 1.76 bits per heavy atom. The highest BCUT2D eigenvalue weighted by Crippen LogP contribution is 2.43. The maximum absolute atomic E-state index is 14.6. The number of aliphatic hydroxyl groups is 1. The molecular formula is C21H17F4NO3. The van der Waals surface area contributed by atoms with Crippen molar-refractivity contribution < 1.29 is 32.3 Å². The van der Waals surface area contributed by atoms with E-state index in [0.29, 0.717) is 0 Å². The second-order valence-electron chi connectivity index (χ2n) is 6.93. The summed E-state index contributed by atoms with van der Waals surface area (Å²) in [6.45, 7) is 3.08. The number of carbonyl (C=O) groups is 2. The lowest BCUT2D eigenvalue weighted by atomic mass is 9.91. The fraction of sp³-hybridized carbons (Fsp3) is 0.238. The number of rotatable bonds is 4. The highest BCUT2D eigenvalue weighted by atomic mass is 19.4. The van der Waals surface area contributed by atoms with E-state index in [1.54, 1.807) is 13.8 Å². The van der Waals surface area contributed by atoms with Gasteiger partial charge in [0.15, 0.2) is 11.5 Å². The molecule has 0 spiro atoms. The molecule has 0 radical (unpaired) electrons. The van der Waals surface area contributed by atoms with Crippen LogP contribution in [-0.4, -0.2) is 16.8 Å². The van der Waals surface area contributed by atoms with E-state index in [-0.39, 0.29) is 16.8 Å². The van der Waals surface area contributed by atoms with E-state index in [9.17, 15) is 32.3 Å². The van der Waals surface area contributed by atoms with Gasteiger partial charge in [-0.2, -0.15) is 13.2 Å². The highest BCUT2D eigenvalue weighted by molar-refractivity contribution is 6.16. The average molecular weight is 407 g/mol. The van der Waals surface area contributed by atoms with Crippen molar-refractivity contribution >= 4 is 17.4 Å². The number of ketones is 1. The van der Waals surface area contributed by atoms with Gasteiger partial charge in [-0.3, -0.25) is 14.5 Å². The molecule has 2 aromatic carbocycles. The van der Waals surface area contributed by atoms with Crippen LogP contribution in [0.25, 0.3) is 0 Å². The number of alkyl halides is 3. The quantitative estimate of drug-likeness (QED) is 0.728. The molecule has 4 nitrogen and oxygen atoms in total. The van der Waals surface area contributed by atoms with Crippen LogP contribution in [0.15, 0.2) is 59.9 Å². The van der Waals surface area contributed by atoms with Crippen LogP contribution in [0.5, 0.6) is 0 Å². The first-order valence-corrected chi connectivity index (χ1v) is 8.76. The van der Waals surface area contributed by atoms with Crippen LogP contribution in [0.4, 0.5) is 23.2 Å². The summed E-state index contributed by atoms with van der Waals surface area (Å²) in [6.07, 6.45) is -4.67. The fourth-order valence-electron chi connectivity index (χ4n) is 3.26. The molecule has 1 aliphatic rings. The number of amides is 1. The first-order chi connectivity index (χ1) is 13.5. The molecule has 1 amide bonds. The monoisotopic (exact) mass is 407 g/mol. The molecule has 0 saturated carbocycles. The van der Waals surface area contributed by atoms with Crippen molar-refractivity contribution in [1.82, 2.24) is 0 Å². The third-order valence-corrected chi connectivity index (χ3v) is 4.65. The van der Waals surface area contributed by atoms with Gasteiger partial charge in [-0.25, -0.2) is 4.39 Å². The SMILES string of the molecule is CC(C)C(=O)C1=C(O)C(=O)N(c2cccc(C(F)(F)F)c2)C1c1ccccc1F. The number of carbonyl (C=O) groups excluding carboxylic acids is 2. The first kappa shape index (κ1) is 20.6. The summed E-state index contributed by atoms with van der Waals surface area (Å²) >= 11 is 0. The van der Waals surface area contributed by atoms with Crippen LogP contribution < -0.4 is 4.90 Å². The Kier molecular flexibility index (Phi) is 5.21. The van der Waals surface area contributed by atoms with Crippen LogP contribution in [0.1, 0.15) is 31.0 Å². The zero-order valence-electron chi connectivity index (χ0n) is 15.5. The minimum absolute atomic E-state index is 0.105. The second kappa shape index (κ2) is 7.35. The third kappa shape index (κ3) is 3.62. The predicted molar refractivity (Wildman–Crippen MR) is 97.6 cm³/mol. The van der Waals surface area contributed by atoms with Crippen molar-refractivity contribution in [3.63, 3.8) is 0 Å². The molecule has 1 atom stereocenters. The van der Waals surface area contributed by atoms with Gasteiger partial charge in [0, 0.05) is 17.2 Å². The van der Waals surface area contributed by atoms with E-state index in [1.807, 2.05) is 0 Å². The van der Waals surface area contributed by atoms with Crippen LogP contribution in [0.3, 0.4) is 0 Å². The van der Waals surface area contributed by atoms with E-state index in [0.717, 1.165) is 29.2 Å². The maximum atomic E-state index is 14.6. The van der Waals surface area contributed by atoms with Crippen LogP contribution >= 0.6 is 0 Å². The molecule has 1 aliphatic heterocycles. The van der Waals surface area contributed by atoms with Gasteiger partial charge in [0.25, 0.3) is 5.91 Å². The lowest BCUT2D eigenvalue weighted by molar-refractivity contribution is -0.137. The van der Waals surface area contributed by atoms with Gasteiger partial charge in [-0.15, -0.1) is 0 Å². The van der Waals surface area contributed by atoms with Crippen molar-refractivity contribution in [1.29, 1.82) is 0 Å².